The van der Waals surface area contributed by atoms with Gasteiger partial charge in [0, 0.05) is 16.9 Å². The van der Waals surface area contributed by atoms with Crippen LogP contribution in [0, 0.1) is 0 Å². The SMILES string of the molecule is c1ccc(-c2ccc(-c3ccc(N(c4ccc(-c5ccccc5)cc4)c4cc5ccccc5c5c4-c4cc(-c6ccccc6)ccc4C5(c4ccccc4)c4ccccc4)cc3)cc2)cc1. The smallest absolute Gasteiger partial charge is 0.0720 e. The maximum Gasteiger partial charge on any atom is 0.0720 e. The van der Waals surface area contributed by atoms with Crippen molar-refractivity contribution in [1.29, 1.82) is 0 Å². The van der Waals surface area contributed by atoms with Crippen LogP contribution in [0.1, 0.15) is 22.3 Å². The van der Waals surface area contributed by atoms with Crippen LogP contribution in [0.5, 0.6) is 0 Å². The Labute approximate surface area is 387 Å². The van der Waals surface area contributed by atoms with Gasteiger partial charge in [0.05, 0.1) is 11.1 Å². The van der Waals surface area contributed by atoms with E-state index in [2.05, 4.69) is 278 Å². The van der Waals surface area contributed by atoms with Crippen molar-refractivity contribution >= 4 is 27.8 Å². The van der Waals surface area contributed by atoms with Gasteiger partial charge in [0.15, 0.2) is 0 Å². The van der Waals surface area contributed by atoms with Gasteiger partial charge < -0.3 is 4.90 Å². The zero-order valence-electron chi connectivity index (χ0n) is 36.4. The van der Waals surface area contributed by atoms with Gasteiger partial charge in [-0.2, -0.15) is 0 Å². The molecular formula is C65H45N. The molecule has 0 fully saturated rings. The lowest BCUT2D eigenvalue weighted by Gasteiger charge is -2.35. The number of fused-ring (bicyclic) bond motifs is 5. The lowest BCUT2D eigenvalue weighted by molar-refractivity contribution is 0.775. The van der Waals surface area contributed by atoms with Crippen LogP contribution in [0.25, 0.3) is 66.4 Å². The van der Waals surface area contributed by atoms with Gasteiger partial charge in [-0.1, -0.05) is 237 Å². The van der Waals surface area contributed by atoms with Gasteiger partial charge in [0.1, 0.15) is 0 Å². The molecule has 0 aliphatic heterocycles. The van der Waals surface area contributed by atoms with Crippen molar-refractivity contribution < 1.29 is 0 Å². The third kappa shape index (κ3) is 6.64. The first kappa shape index (κ1) is 39.1. The van der Waals surface area contributed by atoms with Crippen LogP contribution in [0.3, 0.4) is 0 Å². The van der Waals surface area contributed by atoms with Gasteiger partial charge >= 0.3 is 0 Å². The molecule has 1 heteroatoms. The summed E-state index contributed by atoms with van der Waals surface area (Å²) in [6, 6.07) is 100. The number of nitrogens with zero attached hydrogens (tertiary/aromatic N) is 1. The van der Waals surface area contributed by atoms with Gasteiger partial charge in [-0.3, -0.25) is 0 Å². The molecule has 0 atom stereocenters. The Balaban J connectivity index is 1.13. The summed E-state index contributed by atoms with van der Waals surface area (Å²) in [5, 5.41) is 2.44. The van der Waals surface area contributed by atoms with Crippen LogP contribution in [0.2, 0.25) is 0 Å². The second kappa shape index (κ2) is 16.6. The van der Waals surface area contributed by atoms with Crippen molar-refractivity contribution in [2.45, 2.75) is 5.41 Å². The molecule has 0 saturated carbocycles. The minimum Gasteiger partial charge on any atom is -0.310 e. The van der Waals surface area contributed by atoms with E-state index in [0.717, 1.165) is 17.1 Å². The Morgan fingerprint density at radius 3 is 1.12 bits per heavy atom. The van der Waals surface area contributed by atoms with Crippen LogP contribution in [0.15, 0.2) is 273 Å². The predicted octanol–water partition coefficient (Wildman–Crippen LogP) is 17.3. The highest BCUT2D eigenvalue weighted by Crippen LogP contribution is 2.62. The Bertz CT molecular complexity index is 3410. The predicted molar refractivity (Wildman–Crippen MR) is 278 cm³/mol. The van der Waals surface area contributed by atoms with Gasteiger partial charge in [0.2, 0.25) is 0 Å². The van der Waals surface area contributed by atoms with Gasteiger partial charge in [-0.05, 0) is 119 Å². The molecule has 66 heavy (non-hydrogen) atoms. The first-order chi connectivity index (χ1) is 32.7. The van der Waals surface area contributed by atoms with Crippen LogP contribution >= 0.6 is 0 Å². The summed E-state index contributed by atoms with van der Waals surface area (Å²) >= 11 is 0. The van der Waals surface area contributed by atoms with Crippen LogP contribution in [0.4, 0.5) is 17.1 Å². The monoisotopic (exact) mass is 839 g/mol. The molecule has 12 rings (SSSR count). The standard InChI is InChI=1S/C65H45N/c1-6-18-46(19-7-1)49-30-32-50(33-31-49)52-36-41-58(42-37-52)66(57-39-34-51(35-40-57)47-20-8-2-9-21-47)62-45-54-24-16-17-29-59(54)64-63(62)60-44-53(48-22-10-3-11-23-48)38-43-61(60)65(64,55-25-12-4-13-26-55)56-27-14-5-15-28-56/h1-45H. The normalized spacial score (nSPS) is 12.4. The molecule has 0 aromatic heterocycles. The first-order valence-electron chi connectivity index (χ1n) is 22.8. The lowest BCUT2D eigenvalue weighted by Crippen LogP contribution is -2.29. The molecule has 1 aliphatic rings. The Morgan fingerprint density at radius 2 is 0.652 bits per heavy atom. The molecule has 11 aromatic carbocycles. The lowest BCUT2D eigenvalue weighted by atomic mass is 9.66. The van der Waals surface area contributed by atoms with Gasteiger partial charge in [-0.15, -0.1) is 0 Å². The van der Waals surface area contributed by atoms with E-state index in [1.165, 1.54) is 88.7 Å². The summed E-state index contributed by atoms with van der Waals surface area (Å²) in [5.41, 5.74) is 19.8. The average molecular weight is 840 g/mol. The average Bonchev–Trinajstić information content (AvgIpc) is 3.72. The highest BCUT2D eigenvalue weighted by molar-refractivity contribution is 6.08. The maximum atomic E-state index is 2.49. The van der Waals surface area contributed by atoms with Crippen molar-refractivity contribution in [3.05, 3.63) is 295 Å². The zero-order chi connectivity index (χ0) is 43.9. The molecule has 1 nitrogen and oxygen atoms in total. The zero-order valence-corrected chi connectivity index (χ0v) is 36.4. The topological polar surface area (TPSA) is 3.24 Å². The molecule has 0 saturated heterocycles. The Hall–Kier alpha value is -8.52. The molecule has 0 radical (unpaired) electrons. The number of hydrogen-bond acceptors (Lipinski definition) is 1. The molecule has 0 amide bonds. The summed E-state index contributed by atoms with van der Waals surface area (Å²) in [7, 11) is 0. The van der Waals surface area contributed by atoms with E-state index >= 15 is 0 Å². The van der Waals surface area contributed by atoms with Gasteiger partial charge in [-0.25, -0.2) is 0 Å². The molecule has 310 valence electrons. The fourth-order valence-corrected chi connectivity index (χ4v) is 10.5. The number of benzene rings is 11. The minimum atomic E-state index is -0.614. The highest BCUT2D eigenvalue weighted by atomic mass is 15.1. The summed E-state index contributed by atoms with van der Waals surface area (Å²) < 4.78 is 0. The Morgan fingerprint density at radius 1 is 0.288 bits per heavy atom. The summed E-state index contributed by atoms with van der Waals surface area (Å²) in [5.74, 6) is 0. The van der Waals surface area contributed by atoms with Crippen molar-refractivity contribution in [1.82, 2.24) is 0 Å². The number of hydrogen-bond donors (Lipinski definition) is 0. The van der Waals surface area contributed by atoms with Crippen molar-refractivity contribution in [3.8, 4) is 55.6 Å². The van der Waals surface area contributed by atoms with E-state index < -0.39 is 5.41 Å². The first-order valence-corrected chi connectivity index (χ1v) is 22.8. The second-order valence-corrected chi connectivity index (χ2v) is 17.2. The van der Waals surface area contributed by atoms with E-state index in [1.54, 1.807) is 0 Å². The van der Waals surface area contributed by atoms with Crippen molar-refractivity contribution in [3.63, 3.8) is 0 Å². The molecule has 0 heterocycles. The van der Waals surface area contributed by atoms with Crippen LogP contribution in [-0.4, -0.2) is 0 Å². The number of rotatable bonds is 9. The summed E-state index contributed by atoms with van der Waals surface area (Å²) in [6.45, 7) is 0. The third-order valence-corrected chi connectivity index (χ3v) is 13.5. The van der Waals surface area contributed by atoms with Crippen molar-refractivity contribution in [2.24, 2.45) is 0 Å². The molecule has 0 spiro atoms. The number of anilines is 3. The van der Waals surface area contributed by atoms with Gasteiger partial charge in [0.25, 0.3) is 0 Å². The molecule has 0 bridgehead atoms. The Kier molecular flexibility index (Phi) is 9.81. The van der Waals surface area contributed by atoms with E-state index in [1.807, 2.05) is 0 Å². The largest absolute Gasteiger partial charge is 0.310 e. The van der Waals surface area contributed by atoms with E-state index in [4.69, 9.17) is 0 Å². The fraction of sp³-hybridized carbons (Fsp3) is 0.0154. The van der Waals surface area contributed by atoms with E-state index in [9.17, 15) is 0 Å². The molecule has 0 N–H and O–H groups in total. The maximum absolute atomic E-state index is 2.49. The quantitative estimate of drug-likeness (QED) is 0.140. The molecular weight excluding hydrogens is 795 g/mol. The van der Waals surface area contributed by atoms with Crippen LogP contribution < -0.4 is 4.90 Å². The molecule has 0 unspecified atom stereocenters. The van der Waals surface area contributed by atoms with Crippen LogP contribution in [-0.2, 0) is 5.41 Å². The second-order valence-electron chi connectivity index (χ2n) is 17.2. The van der Waals surface area contributed by atoms with E-state index in [-0.39, 0.29) is 0 Å². The molecule has 1 aliphatic carbocycles. The minimum absolute atomic E-state index is 0.614. The molecule has 11 aromatic rings. The highest BCUT2D eigenvalue weighted by Gasteiger charge is 2.49. The summed E-state index contributed by atoms with van der Waals surface area (Å²) in [6.07, 6.45) is 0. The third-order valence-electron chi connectivity index (χ3n) is 13.5. The van der Waals surface area contributed by atoms with E-state index in [0.29, 0.717) is 0 Å². The fourth-order valence-electron chi connectivity index (χ4n) is 10.5. The van der Waals surface area contributed by atoms with Crippen molar-refractivity contribution in [2.75, 3.05) is 4.90 Å². The summed E-state index contributed by atoms with van der Waals surface area (Å²) in [4.78, 5) is 2.49.